The van der Waals surface area contributed by atoms with Crippen molar-refractivity contribution in [2.45, 2.75) is 13.0 Å². The maximum absolute atomic E-state index is 13.3. The number of nitrogens with one attached hydrogen (secondary N) is 1. The minimum atomic E-state index is -0.322. The molecule has 0 spiro atoms. The standard InChI is InChI=1S/C19H29N5O3/c1-2-21-17(25)15-22-6-8-24(9-7-22)19(26)18(16-4-3-5-20-14-16)23-10-12-27-13-11-23/h3-5,14,18H,2,6-13,15H2,1H3,(H,21,25)/t18-/m1/s1. The summed E-state index contributed by atoms with van der Waals surface area (Å²) < 4.78 is 5.46. The van der Waals surface area contributed by atoms with Crippen LogP contribution in [-0.4, -0.2) is 97.1 Å². The molecule has 1 aromatic rings. The van der Waals surface area contributed by atoms with E-state index in [0.29, 0.717) is 52.5 Å². The molecule has 0 aromatic carbocycles. The quantitative estimate of drug-likeness (QED) is 0.738. The van der Waals surface area contributed by atoms with E-state index in [0.717, 1.165) is 18.7 Å². The first-order chi connectivity index (χ1) is 13.2. The van der Waals surface area contributed by atoms with Crippen LogP contribution < -0.4 is 5.32 Å². The third-order valence-electron chi connectivity index (χ3n) is 5.07. The topological polar surface area (TPSA) is 78.0 Å². The van der Waals surface area contributed by atoms with Gasteiger partial charge in [0.1, 0.15) is 6.04 Å². The number of morpholine rings is 1. The molecule has 3 rings (SSSR count). The van der Waals surface area contributed by atoms with Gasteiger partial charge in [0, 0.05) is 58.2 Å². The number of hydrogen-bond acceptors (Lipinski definition) is 6. The van der Waals surface area contributed by atoms with Crippen molar-refractivity contribution in [2.75, 3.05) is 65.6 Å². The lowest BCUT2D eigenvalue weighted by molar-refractivity contribution is -0.141. The molecule has 2 saturated heterocycles. The highest BCUT2D eigenvalue weighted by Crippen LogP contribution is 2.24. The van der Waals surface area contributed by atoms with Crippen LogP contribution in [0.1, 0.15) is 18.5 Å². The third kappa shape index (κ3) is 5.24. The number of carbonyl (C=O) groups excluding carboxylic acids is 2. The minimum absolute atomic E-state index is 0.0406. The second kappa shape index (κ2) is 9.77. The highest BCUT2D eigenvalue weighted by atomic mass is 16.5. The summed E-state index contributed by atoms with van der Waals surface area (Å²) in [5.74, 6) is 0.154. The molecule has 2 fully saturated rings. The average molecular weight is 375 g/mol. The molecule has 0 saturated carbocycles. The number of aromatic nitrogens is 1. The first-order valence-corrected chi connectivity index (χ1v) is 9.68. The number of piperazine rings is 1. The molecule has 0 aliphatic carbocycles. The van der Waals surface area contributed by atoms with Crippen molar-refractivity contribution in [1.29, 1.82) is 0 Å². The van der Waals surface area contributed by atoms with Gasteiger partial charge in [-0.2, -0.15) is 0 Å². The van der Waals surface area contributed by atoms with E-state index in [-0.39, 0.29) is 17.9 Å². The Morgan fingerprint density at radius 3 is 2.56 bits per heavy atom. The Morgan fingerprint density at radius 2 is 1.93 bits per heavy atom. The molecule has 0 unspecified atom stereocenters. The minimum Gasteiger partial charge on any atom is -0.379 e. The van der Waals surface area contributed by atoms with Crippen molar-refractivity contribution in [1.82, 2.24) is 25.0 Å². The van der Waals surface area contributed by atoms with Crippen LogP contribution in [0, 0.1) is 0 Å². The van der Waals surface area contributed by atoms with Crippen molar-refractivity contribution in [2.24, 2.45) is 0 Å². The molecule has 1 atom stereocenters. The monoisotopic (exact) mass is 375 g/mol. The molecule has 2 aliphatic rings. The first kappa shape index (κ1) is 19.7. The first-order valence-electron chi connectivity index (χ1n) is 9.68. The molecule has 0 bridgehead atoms. The van der Waals surface area contributed by atoms with Crippen molar-refractivity contribution < 1.29 is 14.3 Å². The Morgan fingerprint density at radius 1 is 1.19 bits per heavy atom. The molecule has 27 heavy (non-hydrogen) atoms. The van der Waals surface area contributed by atoms with Crippen LogP contribution in [0.25, 0.3) is 0 Å². The van der Waals surface area contributed by atoms with E-state index in [2.05, 4.69) is 20.1 Å². The number of carbonyl (C=O) groups is 2. The number of pyridine rings is 1. The fraction of sp³-hybridized carbons (Fsp3) is 0.632. The van der Waals surface area contributed by atoms with E-state index in [1.54, 1.807) is 12.4 Å². The highest BCUT2D eigenvalue weighted by molar-refractivity contribution is 5.83. The predicted molar refractivity (Wildman–Crippen MR) is 101 cm³/mol. The summed E-state index contributed by atoms with van der Waals surface area (Å²) in [4.78, 5) is 35.5. The molecule has 0 radical (unpaired) electrons. The van der Waals surface area contributed by atoms with Gasteiger partial charge in [-0.25, -0.2) is 0 Å². The molecule has 1 N–H and O–H groups in total. The lowest BCUT2D eigenvalue weighted by Gasteiger charge is -2.40. The summed E-state index contributed by atoms with van der Waals surface area (Å²) in [5.41, 5.74) is 0.925. The molecule has 2 aliphatic heterocycles. The van der Waals surface area contributed by atoms with Gasteiger partial charge in [0.25, 0.3) is 0 Å². The normalized spacial score (nSPS) is 20.3. The van der Waals surface area contributed by atoms with E-state index < -0.39 is 0 Å². The van der Waals surface area contributed by atoms with Crippen molar-refractivity contribution in [3.8, 4) is 0 Å². The van der Waals surface area contributed by atoms with Crippen LogP contribution in [0.4, 0.5) is 0 Å². The number of hydrogen-bond donors (Lipinski definition) is 1. The number of likely N-dealkylation sites (N-methyl/N-ethyl adjacent to an activating group) is 1. The Bertz CT molecular complexity index is 613. The maximum Gasteiger partial charge on any atom is 0.244 e. The lowest BCUT2D eigenvalue weighted by Crippen LogP contribution is -2.54. The van der Waals surface area contributed by atoms with Gasteiger partial charge >= 0.3 is 0 Å². The zero-order valence-corrected chi connectivity index (χ0v) is 16.0. The Kier molecular flexibility index (Phi) is 7.14. The van der Waals surface area contributed by atoms with Gasteiger partial charge in [0.2, 0.25) is 11.8 Å². The van der Waals surface area contributed by atoms with Crippen LogP contribution >= 0.6 is 0 Å². The third-order valence-corrected chi connectivity index (χ3v) is 5.07. The van der Waals surface area contributed by atoms with Gasteiger partial charge in [-0.3, -0.25) is 24.4 Å². The number of nitrogens with zero attached hydrogens (tertiary/aromatic N) is 4. The van der Waals surface area contributed by atoms with E-state index >= 15 is 0 Å². The van der Waals surface area contributed by atoms with Gasteiger partial charge in [0.15, 0.2) is 0 Å². The number of amides is 2. The van der Waals surface area contributed by atoms with E-state index in [4.69, 9.17) is 4.74 Å². The average Bonchev–Trinajstić information content (AvgIpc) is 2.70. The fourth-order valence-electron chi connectivity index (χ4n) is 3.64. The Labute approximate surface area is 160 Å². The fourth-order valence-corrected chi connectivity index (χ4v) is 3.64. The van der Waals surface area contributed by atoms with Crippen LogP contribution in [0.15, 0.2) is 24.5 Å². The van der Waals surface area contributed by atoms with Crippen LogP contribution in [0.3, 0.4) is 0 Å². The summed E-state index contributed by atoms with van der Waals surface area (Å²) >= 11 is 0. The molecule has 8 nitrogen and oxygen atoms in total. The predicted octanol–water partition coefficient (Wildman–Crippen LogP) is -0.265. The maximum atomic E-state index is 13.3. The zero-order chi connectivity index (χ0) is 19.1. The second-order valence-corrected chi connectivity index (χ2v) is 6.89. The van der Waals surface area contributed by atoms with E-state index in [1.807, 2.05) is 24.0 Å². The van der Waals surface area contributed by atoms with Gasteiger partial charge in [-0.05, 0) is 18.6 Å². The SMILES string of the molecule is CCNC(=O)CN1CCN(C(=O)[C@@H](c2cccnc2)N2CCOCC2)CC1. The number of ether oxygens (including phenoxy) is 1. The molecular weight excluding hydrogens is 346 g/mol. The van der Waals surface area contributed by atoms with Gasteiger partial charge < -0.3 is 15.0 Å². The van der Waals surface area contributed by atoms with Crippen LogP contribution in [0.5, 0.6) is 0 Å². The van der Waals surface area contributed by atoms with Crippen LogP contribution in [-0.2, 0) is 14.3 Å². The summed E-state index contributed by atoms with van der Waals surface area (Å²) in [5, 5.41) is 2.82. The van der Waals surface area contributed by atoms with Gasteiger partial charge in [-0.15, -0.1) is 0 Å². The second-order valence-electron chi connectivity index (χ2n) is 6.89. The number of rotatable bonds is 6. The highest BCUT2D eigenvalue weighted by Gasteiger charge is 2.34. The lowest BCUT2D eigenvalue weighted by atomic mass is 10.0. The van der Waals surface area contributed by atoms with Gasteiger partial charge in [0.05, 0.1) is 19.8 Å². The summed E-state index contributed by atoms with van der Waals surface area (Å²) in [6, 6.07) is 3.52. The molecular formula is C19H29N5O3. The molecule has 1 aromatic heterocycles. The van der Waals surface area contributed by atoms with Crippen LogP contribution in [0.2, 0.25) is 0 Å². The zero-order valence-electron chi connectivity index (χ0n) is 16.0. The summed E-state index contributed by atoms with van der Waals surface area (Å²) in [6.07, 6.45) is 3.51. The van der Waals surface area contributed by atoms with Crippen molar-refractivity contribution >= 4 is 11.8 Å². The molecule has 148 valence electrons. The van der Waals surface area contributed by atoms with Gasteiger partial charge in [-0.1, -0.05) is 6.07 Å². The molecule has 2 amide bonds. The Balaban J connectivity index is 1.64. The summed E-state index contributed by atoms with van der Waals surface area (Å²) in [7, 11) is 0. The summed E-state index contributed by atoms with van der Waals surface area (Å²) in [6.45, 7) is 8.42. The molecule has 8 heteroatoms. The Hall–Kier alpha value is -2.03. The van der Waals surface area contributed by atoms with E-state index in [9.17, 15) is 9.59 Å². The van der Waals surface area contributed by atoms with Crippen molar-refractivity contribution in [3.05, 3.63) is 30.1 Å². The molecule has 3 heterocycles. The largest absolute Gasteiger partial charge is 0.379 e. The van der Waals surface area contributed by atoms with Crippen molar-refractivity contribution in [3.63, 3.8) is 0 Å². The van der Waals surface area contributed by atoms with E-state index in [1.165, 1.54) is 0 Å². The smallest absolute Gasteiger partial charge is 0.244 e.